The molecule has 0 aliphatic carbocycles. The molecule has 2 aromatic carbocycles. The molecule has 7 heteroatoms. The van der Waals surface area contributed by atoms with Gasteiger partial charge in [0, 0.05) is 12.7 Å². The van der Waals surface area contributed by atoms with Crippen molar-refractivity contribution >= 4 is 17.4 Å². The van der Waals surface area contributed by atoms with Crippen LogP contribution in [0.15, 0.2) is 72.4 Å². The maximum absolute atomic E-state index is 13.4. The van der Waals surface area contributed by atoms with E-state index in [4.69, 9.17) is 9.47 Å². The van der Waals surface area contributed by atoms with E-state index in [2.05, 4.69) is 25.8 Å². The van der Waals surface area contributed by atoms with Crippen molar-refractivity contribution < 1.29 is 24.2 Å². The molecule has 3 aromatic rings. The van der Waals surface area contributed by atoms with Crippen molar-refractivity contribution in [3.8, 4) is 11.5 Å². The average molecular weight is 487 g/mol. The lowest BCUT2D eigenvalue weighted by Crippen LogP contribution is -2.29. The number of aromatic nitrogens is 1. The van der Waals surface area contributed by atoms with Crippen molar-refractivity contribution in [1.29, 1.82) is 0 Å². The number of carbonyl (C=O) groups is 2. The van der Waals surface area contributed by atoms with Gasteiger partial charge in [-0.15, -0.1) is 0 Å². The molecule has 2 heterocycles. The molecule has 4 rings (SSSR count). The summed E-state index contributed by atoms with van der Waals surface area (Å²) >= 11 is 0. The fourth-order valence-electron chi connectivity index (χ4n) is 4.32. The minimum absolute atomic E-state index is 0.0171. The zero-order valence-electron chi connectivity index (χ0n) is 21.1. The van der Waals surface area contributed by atoms with Crippen LogP contribution >= 0.6 is 0 Å². The van der Waals surface area contributed by atoms with Gasteiger partial charge in [0.15, 0.2) is 0 Å². The highest BCUT2D eigenvalue weighted by molar-refractivity contribution is 6.46. The quantitative estimate of drug-likeness (QED) is 0.299. The molecule has 0 radical (unpaired) electrons. The highest BCUT2D eigenvalue weighted by atomic mass is 16.5. The molecule has 1 fully saturated rings. The van der Waals surface area contributed by atoms with Crippen LogP contribution in [0.3, 0.4) is 0 Å². The predicted octanol–water partition coefficient (Wildman–Crippen LogP) is 5.02. The Labute approximate surface area is 211 Å². The number of hydrogen-bond donors (Lipinski definition) is 1. The van der Waals surface area contributed by atoms with Crippen LogP contribution in [0.4, 0.5) is 0 Å². The summed E-state index contributed by atoms with van der Waals surface area (Å²) in [5, 5.41) is 11.6. The van der Waals surface area contributed by atoms with Gasteiger partial charge in [0.2, 0.25) is 0 Å². The molecule has 1 amide bonds. The molecule has 1 atom stereocenters. The number of hydrogen-bond acceptors (Lipinski definition) is 6. The molecule has 1 aliphatic rings. The van der Waals surface area contributed by atoms with Crippen LogP contribution in [0.5, 0.6) is 11.5 Å². The van der Waals surface area contributed by atoms with E-state index in [1.807, 2.05) is 18.2 Å². The molecule has 186 valence electrons. The molecule has 0 bridgehead atoms. The normalized spacial score (nSPS) is 17.4. The second-order valence-corrected chi connectivity index (χ2v) is 9.69. The minimum Gasteiger partial charge on any atom is -0.507 e. The fourth-order valence-corrected chi connectivity index (χ4v) is 4.32. The van der Waals surface area contributed by atoms with E-state index >= 15 is 0 Å². The van der Waals surface area contributed by atoms with Gasteiger partial charge < -0.3 is 19.5 Å². The fraction of sp³-hybridized carbons (Fsp3) is 0.276. The Balaban J connectivity index is 1.88. The summed E-state index contributed by atoms with van der Waals surface area (Å²) in [6, 6.07) is 17.2. The lowest BCUT2D eigenvalue weighted by Gasteiger charge is -2.25. The summed E-state index contributed by atoms with van der Waals surface area (Å²) < 4.78 is 10.7. The van der Waals surface area contributed by atoms with Crippen LogP contribution in [0.25, 0.3) is 5.76 Å². The van der Waals surface area contributed by atoms with E-state index in [0.717, 1.165) is 11.1 Å². The number of benzene rings is 2. The molecule has 1 aliphatic heterocycles. The Bertz CT molecular complexity index is 1310. The number of Topliss-reactive ketones (excluding diaryl/α,β-unsaturated/α-hetero) is 1. The molecular formula is C29H30N2O5. The lowest BCUT2D eigenvalue weighted by molar-refractivity contribution is -0.140. The van der Waals surface area contributed by atoms with Crippen molar-refractivity contribution in [2.75, 3.05) is 14.2 Å². The molecule has 0 saturated carbocycles. The first kappa shape index (κ1) is 25.0. The maximum atomic E-state index is 13.4. The summed E-state index contributed by atoms with van der Waals surface area (Å²) in [5.74, 6) is -0.660. The first-order valence-corrected chi connectivity index (χ1v) is 11.7. The van der Waals surface area contributed by atoms with E-state index in [-0.39, 0.29) is 23.3 Å². The SMILES string of the molecule is COc1ccc(CN2C(=O)C(=O)/C(=C(/O)c3cc(C(C)(C)C)ccc3OC)C2c2ccccn2)cc1. The topological polar surface area (TPSA) is 89.0 Å². The number of ether oxygens (including phenoxy) is 2. The third-order valence-corrected chi connectivity index (χ3v) is 6.34. The average Bonchev–Trinajstić information content (AvgIpc) is 3.13. The number of likely N-dealkylation sites (tertiary alicyclic amines) is 1. The van der Waals surface area contributed by atoms with E-state index in [1.165, 1.54) is 12.0 Å². The molecule has 36 heavy (non-hydrogen) atoms. The number of carbonyl (C=O) groups excluding carboxylic acids is 2. The van der Waals surface area contributed by atoms with Gasteiger partial charge in [-0.2, -0.15) is 0 Å². The summed E-state index contributed by atoms with van der Waals surface area (Å²) in [5.41, 5.74) is 2.38. The van der Waals surface area contributed by atoms with Crippen LogP contribution in [0.1, 0.15) is 49.2 Å². The highest BCUT2D eigenvalue weighted by Gasteiger charge is 2.47. The molecule has 1 N–H and O–H groups in total. The van der Waals surface area contributed by atoms with Crippen molar-refractivity contribution in [1.82, 2.24) is 9.88 Å². The molecule has 1 saturated heterocycles. The third-order valence-electron chi connectivity index (χ3n) is 6.34. The molecule has 1 aromatic heterocycles. The molecular weight excluding hydrogens is 456 g/mol. The van der Waals surface area contributed by atoms with Crippen LogP contribution in [0.2, 0.25) is 0 Å². The standard InChI is InChI=1S/C29H30N2O5/c1-29(2,3)19-11-14-23(36-5)21(16-19)26(32)24-25(22-8-6-7-15-30-22)31(28(34)27(24)33)17-18-9-12-20(35-4)13-10-18/h6-16,25,32H,17H2,1-5H3/b26-24+. The van der Waals surface area contributed by atoms with Crippen LogP contribution in [-0.4, -0.2) is 40.9 Å². The summed E-state index contributed by atoms with van der Waals surface area (Å²) in [6.07, 6.45) is 1.60. The summed E-state index contributed by atoms with van der Waals surface area (Å²) in [6.45, 7) is 6.33. The van der Waals surface area contributed by atoms with Crippen molar-refractivity contribution in [3.63, 3.8) is 0 Å². The Morgan fingerprint density at radius 1 is 1.00 bits per heavy atom. The van der Waals surface area contributed by atoms with Crippen LogP contribution < -0.4 is 9.47 Å². The first-order valence-electron chi connectivity index (χ1n) is 11.7. The van der Waals surface area contributed by atoms with E-state index in [9.17, 15) is 14.7 Å². The number of nitrogens with zero attached hydrogens (tertiary/aromatic N) is 2. The van der Waals surface area contributed by atoms with Gasteiger partial charge in [0.25, 0.3) is 11.7 Å². The number of ketones is 1. The first-order chi connectivity index (χ1) is 17.2. The lowest BCUT2D eigenvalue weighted by atomic mass is 9.85. The Kier molecular flexibility index (Phi) is 6.84. The van der Waals surface area contributed by atoms with Gasteiger partial charge in [0.1, 0.15) is 23.3 Å². The van der Waals surface area contributed by atoms with Crippen molar-refractivity contribution in [2.24, 2.45) is 0 Å². The molecule has 1 unspecified atom stereocenters. The van der Waals surface area contributed by atoms with Crippen LogP contribution in [0, 0.1) is 0 Å². The maximum Gasteiger partial charge on any atom is 0.296 e. The van der Waals surface area contributed by atoms with Gasteiger partial charge in [-0.3, -0.25) is 14.6 Å². The van der Waals surface area contributed by atoms with E-state index in [0.29, 0.717) is 22.8 Å². The number of pyridine rings is 1. The molecule has 7 nitrogen and oxygen atoms in total. The van der Waals surface area contributed by atoms with Gasteiger partial charge in [-0.1, -0.05) is 45.0 Å². The highest BCUT2D eigenvalue weighted by Crippen LogP contribution is 2.42. The number of aliphatic hydroxyl groups excluding tert-OH is 1. The Morgan fingerprint density at radius 2 is 1.72 bits per heavy atom. The smallest absolute Gasteiger partial charge is 0.296 e. The van der Waals surface area contributed by atoms with Gasteiger partial charge >= 0.3 is 0 Å². The minimum atomic E-state index is -0.865. The third kappa shape index (κ3) is 4.69. The number of rotatable bonds is 6. The van der Waals surface area contributed by atoms with Crippen molar-refractivity contribution in [2.45, 2.75) is 38.8 Å². The number of aliphatic hydroxyl groups is 1. The Hall–Kier alpha value is -4.13. The van der Waals surface area contributed by atoms with Gasteiger partial charge in [-0.05, 0) is 52.9 Å². The largest absolute Gasteiger partial charge is 0.507 e. The predicted molar refractivity (Wildman–Crippen MR) is 137 cm³/mol. The summed E-state index contributed by atoms with van der Waals surface area (Å²) in [7, 11) is 3.08. The zero-order valence-corrected chi connectivity index (χ0v) is 21.1. The Morgan fingerprint density at radius 3 is 2.31 bits per heavy atom. The zero-order chi connectivity index (χ0) is 26.0. The van der Waals surface area contributed by atoms with Gasteiger partial charge in [-0.25, -0.2) is 0 Å². The number of methoxy groups -OCH3 is 2. The number of amides is 1. The van der Waals surface area contributed by atoms with Gasteiger partial charge in [0.05, 0.1) is 31.1 Å². The summed E-state index contributed by atoms with van der Waals surface area (Å²) in [4.78, 5) is 32.6. The van der Waals surface area contributed by atoms with E-state index < -0.39 is 17.7 Å². The second-order valence-electron chi connectivity index (χ2n) is 9.69. The second kappa shape index (κ2) is 9.85. The van der Waals surface area contributed by atoms with E-state index in [1.54, 1.807) is 55.8 Å². The van der Waals surface area contributed by atoms with Crippen molar-refractivity contribution in [3.05, 3.63) is 94.8 Å². The monoisotopic (exact) mass is 486 g/mol. The van der Waals surface area contributed by atoms with Crippen LogP contribution in [-0.2, 0) is 21.5 Å². The molecule has 0 spiro atoms.